The average molecular weight is 331 g/mol. The van der Waals surface area contributed by atoms with Gasteiger partial charge in [0, 0.05) is 44.8 Å². The molecule has 2 N–H and O–H groups in total. The van der Waals surface area contributed by atoms with E-state index in [2.05, 4.69) is 34.5 Å². The average Bonchev–Trinajstić information content (AvgIpc) is 3.23. The quantitative estimate of drug-likeness (QED) is 0.870. The van der Waals surface area contributed by atoms with E-state index < -0.39 is 0 Å². The number of aliphatic hydroxyl groups excluding tert-OH is 1. The van der Waals surface area contributed by atoms with Crippen molar-refractivity contribution in [2.45, 2.75) is 31.8 Å². The summed E-state index contributed by atoms with van der Waals surface area (Å²) in [6.45, 7) is 3.41. The third-order valence-corrected chi connectivity index (χ3v) is 5.42. The number of urea groups is 1. The van der Waals surface area contributed by atoms with Crippen LogP contribution in [0.5, 0.6) is 0 Å². The summed E-state index contributed by atoms with van der Waals surface area (Å²) in [6.07, 6.45) is 3.83. The van der Waals surface area contributed by atoms with Crippen LogP contribution >= 0.6 is 0 Å². The fourth-order valence-corrected chi connectivity index (χ4v) is 3.90. The van der Waals surface area contributed by atoms with Crippen molar-refractivity contribution in [3.8, 4) is 0 Å². The number of aliphatic hydroxyl groups is 1. The summed E-state index contributed by atoms with van der Waals surface area (Å²) in [6, 6.07) is 10.4. The molecule has 0 aromatic heterocycles. The molecule has 1 aromatic rings. The topological polar surface area (TPSA) is 55.8 Å². The lowest BCUT2D eigenvalue weighted by Crippen LogP contribution is -2.43. The lowest BCUT2D eigenvalue weighted by molar-refractivity contribution is 0.113. The van der Waals surface area contributed by atoms with Gasteiger partial charge in [-0.25, -0.2) is 4.79 Å². The number of nitrogens with one attached hydrogen (secondary N) is 1. The lowest BCUT2D eigenvalue weighted by atomic mass is 10.1. The smallest absolute Gasteiger partial charge is 0.317 e. The zero-order valence-electron chi connectivity index (χ0n) is 14.5. The molecule has 132 valence electrons. The van der Waals surface area contributed by atoms with E-state index in [9.17, 15) is 9.90 Å². The van der Waals surface area contributed by atoms with Gasteiger partial charge in [-0.1, -0.05) is 24.6 Å². The molecule has 0 bridgehead atoms. The molecule has 1 aliphatic carbocycles. The van der Waals surface area contributed by atoms with Crippen LogP contribution in [0, 0.1) is 11.8 Å². The van der Waals surface area contributed by atoms with Gasteiger partial charge in [-0.15, -0.1) is 0 Å². The zero-order valence-corrected chi connectivity index (χ0v) is 14.5. The Kier molecular flexibility index (Phi) is 5.61. The summed E-state index contributed by atoms with van der Waals surface area (Å²) in [5, 5.41) is 13.0. The van der Waals surface area contributed by atoms with Crippen LogP contribution < -0.4 is 10.2 Å². The first-order chi connectivity index (χ1) is 11.6. The minimum Gasteiger partial charge on any atom is -0.393 e. The van der Waals surface area contributed by atoms with Crippen LogP contribution in [0.2, 0.25) is 0 Å². The van der Waals surface area contributed by atoms with Gasteiger partial charge in [-0.05, 0) is 37.3 Å². The normalized spacial score (nSPS) is 26.6. The van der Waals surface area contributed by atoms with Crippen LogP contribution in [0.3, 0.4) is 0 Å². The number of hydrogen-bond donors (Lipinski definition) is 2. The Balaban J connectivity index is 1.40. The number of benzene rings is 1. The third kappa shape index (κ3) is 4.20. The Morgan fingerprint density at radius 3 is 2.79 bits per heavy atom. The summed E-state index contributed by atoms with van der Waals surface area (Å²) < 4.78 is 0. The SMILES string of the molecule is CN(CC1CCCC1O)C(=O)NCC1CCN(c2ccccc2)C1. The molecule has 3 rings (SSSR count). The van der Waals surface area contributed by atoms with Crippen molar-refractivity contribution in [2.24, 2.45) is 11.8 Å². The number of rotatable bonds is 5. The molecular formula is C19H29N3O2. The second-order valence-corrected chi connectivity index (χ2v) is 7.26. The van der Waals surface area contributed by atoms with Gasteiger partial charge in [0.05, 0.1) is 6.10 Å². The van der Waals surface area contributed by atoms with Gasteiger partial charge in [0.15, 0.2) is 0 Å². The standard InChI is InChI=1S/C19H29N3O2/c1-21(14-16-6-5-9-18(16)23)19(24)20-12-15-10-11-22(13-15)17-7-3-2-4-8-17/h2-4,7-8,15-16,18,23H,5-6,9-14H2,1H3,(H,20,24). The highest BCUT2D eigenvalue weighted by atomic mass is 16.3. The second-order valence-electron chi connectivity index (χ2n) is 7.26. The van der Waals surface area contributed by atoms with Gasteiger partial charge >= 0.3 is 6.03 Å². The van der Waals surface area contributed by atoms with E-state index >= 15 is 0 Å². The van der Waals surface area contributed by atoms with E-state index in [1.54, 1.807) is 4.90 Å². The number of amides is 2. The Bertz CT molecular complexity index is 537. The van der Waals surface area contributed by atoms with Crippen molar-refractivity contribution in [1.29, 1.82) is 0 Å². The molecule has 2 aliphatic rings. The maximum absolute atomic E-state index is 12.3. The molecule has 5 nitrogen and oxygen atoms in total. The molecule has 1 aliphatic heterocycles. The maximum atomic E-state index is 12.3. The summed E-state index contributed by atoms with van der Waals surface area (Å²) in [5.74, 6) is 0.737. The molecule has 3 unspecified atom stereocenters. The van der Waals surface area contributed by atoms with Crippen molar-refractivity contribution in [3.63, 3.8) is 0 Å². The minimum atomic E-state index is -0.241. The monoisotopic (exact) mass is 331 g/mol. The molecule has 0 spiro atoms. The van der Waals surface area contributed by atoms with Crippen LogP contribution in [-0.2, 0) is 0 Å². The summed E-state index contributed by atoms with van der Waals surface area (Å²) in [5.41, 5.74) is 1.26. The molecular weight excluding hydrogens is 302 g/mol. The summed E-state index contributed by atoms with van der Waals surface area (Å²) >= 11 is 0. The molecule has 1 saturated carbocycles. The van der Waals surface area contributed by atoms with E-state index in [-0.39, 0.29) is 18.1 Å². The van der Waals surface area contributed by atoms with Crippen LogP contribution in [0.25, 0.3) is 0 Å². The molecule has 1 saturated heterocycles. The van der Waals surface area contributed by atoms with E-state index in [0.717, 1.165) is 45.3 Å². The van der Waals surface area contributed by atoms with E-state index in [1.807, 2.05) is 13.1 Å². The first-order valence-electron chi connectivity index (χ1n) is 9.10. The minimum absolute atomic E-state index is 0.0211. The van der Waals surface area contributed by atoms with Gasteiger partial charge in [-0.2, -0.15) is 0 Å². The third-order valence-electron chi connectivity index (χ3n) is 5.42. The molecule has 2 amide bonds. The predicted octanol–water partition coefficient (Wildman–Crippen LogP) is 2.32. The maximum Gasteiger partial charge on any atom is 0.317 e. The molecule has 24 heavy (non-hydrogen) atoms. The van der Waals surface area contributed by atoms with E-state index in [0.29, 0.717) is 12.5 Å². The Labute approximate surface area is 144 Å². The highest BCUT2D eigenvalue weighted by molar-refractivity contribution is 5.73. The van der Waals surface area contributed by atoms with Gasteiger partial charge in [0.1, 0.15) is 0 Å². The largest absolute Gasteiger partial charge is 0.393 e. The number of hydrogen-bond acceptors (Lipinski definition) is 3. The molecule has 3 atom stereocenters. The first-order valence-corrected chi connectivity index (χ1v) is 9.10. The molecule has 0 radical (unpaired) electrons. The van der Waals surface area contributed by atoms with Gasteiger partial charge < -0.3 is 20.2 Å². The molecule has 2 fully saturated rings. The summed E-state index contributed by atoms with van der Waals surface area (Å²) in [4.78, 5) is 16.4. The first kappa shape index (κ1) is 17.1. The van der Waals surface area contributed by atoms with E-state index in [4.69, 9.17) is 0 Å². The van der Waals surface area contributed by atoms with Crippen LogP contribution in [0.4, 0.5) is 10.5 Å². The number of carbonyl (C=O) groups is 1. The van der Waals surface area contributed by atoms with Gasteiger partial charge in [0.2, 0.25) is 0 Å². The molecule has 1 heterocycles. The number of nitrogens with zero attached hydrogens (tertiary/aromatic N) is 2. The van der Waals surface area contributed by atoms with E-state index in [1.165, 1.54) is 5.69 Å². The Hall–Kier alpha value is -1.75. The predicted molar refractivity (Wildman–Crippen MR) is 96.1 cm³/mol. The molecule has 1 aromatic carbocycles. The Morgan fingerprint density at radius 2 is 2.08 bits per heavy atom. The van der Waals surface area contributed by atoms with Crippen molar-refractivity contribution in [2.75, 3.05) is 38.1 Å². The highest BCUT2D eigenvalue weighted by Gasteiger charge is 2.28. The summed E-state index contributed by atoms with van der Waals surface area (Å²) in [7, 11) is 1.82. The number of anilines is 1. The second kappa shape index (κ2) is 7.88. The van der Waals surface area contributed by atoms with Gasteiger partial charge in [-0.3, -0.25) is 0 Å². The Morgan fingerprint density at radius 1 is 1.29 bits per heavy atom. The fourth-order valence-electron chi connectivity index (χ4n) is 3.90. The highest BCUT2D eigenvalue weighted by Crippen LogP contribution is 2.26. The van der Waals surface area contributed by atoms with Crippen molar-refractivity contribution in [3.05, 3.63) is 30.3 Å². The van der Waals surface area contributed by atoms with Crippen molar-refractivity contribution < 1.29 is 9.90 Å². The number of para-hydroxylation sites is 1. The molecule has 5 heteroatoms. The fraction of sp³-hybridized carbons (Fsp3) is 0.632. The number of carbonyl (C=O) groups excluding carboxylic acids is 1. The van der Waals surface area contributed by atoms with Crippen molar-refractivity contribution in [1.82, 2.24) is 10.2 Å². The van der Waals surface area contributed by atoms with Crippen LogP contribution in [0.15, 0.2) is 30.3 Å². The zero-order chi connectivity index (χ0) is 16.9. The van der Waals surface area contributed by atoms with Crippen LogP contribution in [-0.4, -0.2) is 55.4 Å². The van der Waals surface area contributed by atoms with Crippen molar-refractivity contribution >= 4 is 11.7 Å². The van der Waals surface area contributed by atoms with Crippen LogP contribution in [0.1, 0.15) is 25.7 Å². The van der Waals surface area contributed by atoms with Gasteiger partial charge in [0.25, 0.3) is 0 Å². The lowest BCUT2D eigenvalue weighted by Gasteiger charge is -2.24.